The summed E-state index contributed by atoms with van der Waals surface area (Å²) in [7, 11) is 3.20. The van der Waals surface area contributed by atoms with E-state index in [1.54, 1.807) is 26.4 Å². The summed E-state index contributed by atoms with van der Waals surface area (Å²) in [5.74, 6) is 0.0506. The second-order valence-corrected chi connectivity index (χ2v) is 10.2. The van der Waals surface area contributed by atoms with Crippen LogP contribution in [-0.2, 0) is 16.1 Å². The minimum absolute atomic E-state index is 0.00968. The number of likely N-dealkylation sites (tertiary alicyclic amines) is 2. The lowest BCUT2D eigenvalue weighted by Gasteiger charge is -2.37. The van der Waals surface area contributed by atoms with E-state index in [0.717, 1.165) is 31.5 Å². The lowest BCUT2D eigenvalue weighted by atomic mass is 9.87. The van der Waals surface area contributed by atoms with Crippen molar-refractivity contribution in [1.82, 2.24) is 15.1 Å². The van der Waals surface area contributed by atoms with Crippen molar-refractivity contribution in [2.45, 2.75) is 38.8 Å². The quantitative estimate of drug-likeness (QED) is 0.493. The van der Waals surface area contributed by atoms with Gasteiger partial charge in [-0.2, -0.15) is 0 Å². The Labute approximate surface area is 224 Å². The Kier molecular flexibility index (Phi) is 9.58. The number of nitrogens with one attached hydrogen (secondary N) is 2. The summed E-state index contributed by atoms with van der Waals surface area (Å²) in [6, 6.07) is 11.9. The number of piperidine rings is 1. The third-order valence-electron chi connectivity index (χ3n) is 7.65. The highest BCUT2D eigenvalue weighted by molar-refractivity contribution is 5.93. The Hall–Kier alpha value is -3.17. The van der Waals surface area contributed by atoms with Crippen molar-refractivity contribution >= 4 is 17.5 Å². The number of nitrogens with zero attached hydrogens (tertiary/aromatic N) is 2. The number of carbonyl (C=O) groups excluding carboxylic acids is 2. The minimum Gasteiger partial charge on any atom is -0.493 e. The van der Waals surface area contributed by atoms with Crippen LogP contribution in [0.2, 0.25) is 0 Å². The summed E-state index contributed by atoms with van der Waals surface area (Å²) in [6.45, 7) is 6.47. The molecule has 2 aliphatic rings. The topological polar surface area (TPSA) is 83.1 Å². The van der Waals surface area contributed by atoms with Crippen LogP contribution in [0.15, 0.2) is 42.5 Å². The molecule has 2 N–H and O–H groups in total. The van der Waals surface area contributed by atoms with Gasteiger partial charge in [-0.1, -0.05) is 13.0 Å². The SMILES string of the molecule is CCN1CCCC1CNC(=O)[C@H]1C[C@@H](C(=O)Nc2ccc(F)cc2)CN(Cc2ccc(OC)c(OC)c2)C1. The first-order valence-corrected chi connectivity index (χ1v) is 13.4. The molecule has 2 aromatic carbocycles. The van der Waals surface area contributed by atoms with E-state index in [-0.39, 0.29) is 29.5 Å². The number of anilines is 1. The molecule has 0 radical (unpaired) electrons. The van der Waals surface area contributed by atoms with Crippen LogP contribution in [-0.4, -0.2) is 74.6 Å². The molecule has 0 aliphatic carbocycles. The molecule has 3 atom stereocenters. The first-order valence-electron chi connectivity index (χ1n) is 13.4. The van der Waals surface area contributed by atoms with Crippen LogP contribution < -0.4 is 20.1 Å². The van der Waals surface area contributed by atoms with Gasteiger partial charge in [0.05, 0.1) is 26.1 Å². The fourth-order valence-electron chi connectivity index (χ4n) is 5.62. The van der Waals surface area contributed by atoms with Gasteiger partial charge in [0.2, 0.25) is 11.8 Å². The molecular weight excluding hydrogens is 487 g/mol. The average Bonchev–Trinajstić information content (AvgIpc) is 3.40. The molecule has 2 aromatic rings. The Morgan fingerprint density at radius 1 is 1.00 bits per heavy atom. The molecule has 0 bridgehead atoms. The second kappa shape index (κ2) is 13.1. The zero-order chi connectivity index (χ0) is 27.1. The van der Waals surface area contributed by atoms with E-state index in [0.29, 0.717) is 55.8 Å². The van der Waals surface area contributed by atoms with Crippen molar-refractivity contribution < 1.29 is 23.5 Å². The van der Waals surface area contributed by atoms with Crippen molar-refractivity contribution in [3.63, 3.8) is 0 Å². The van der Waals surface area contributed by atoms with Crippen LogP contribution in [0.4, 0.5) is 10.1 Å². The highest BCUT2D eigenvalue weighted by Gasteiger charge is 2.36. The minimum atomic E-state index is -0.386. The van der Waals surface area contributed by atoms with Crippen LogP contribution in [0.3, 0.4) is 0 Å². The monoisotopic (exact) mass is 526 g/mol. The molecule has 2 fully saturated rings. The van der Waals surface area contributed by atoms with Crippen molar-refractivity contribution in [3.8, 4) is 11.5 Å². The van der Waals surface area contributed by atoms with Gasteiger partial charge in [0.1, 0.15) is 5.82 Å². The largest absolute Gasteiger partial charge is 0.493 e. The molecule has 2 aliphatic heterocycles. The molecule has 206 valence electrons. The van der Waals surface area contributed by atoms with E-state index >= 15 is 0 Å². The van der Waals surface area contributed by atoms with Gasteiger partial charge in [0.25, 0.3) is 0 Å². The lowest BCUT2D eigenvalue weighted by molar-refractivity contribution is -0.130. The van der Waals surface area contributed by atoms with Gasteiger partial charge in [-0.3, -0.25) is 19.4 Å². The van der Waals surface area contributed by atoms with Gasteiger partial charge in [0, 0.05) is 37.9 Å². The second-order valence-electron chi connectivity index (χ2n) is 10.2. The smallest absolute Gasteiger partial charge is 0.228 e. The number of halogens is 1. The number of benzene rings is 2. The van der Waals surface area contributed by atoms with Crippen molar-refractivity contribution in [3.05, 3.63) is 53.8 Å². The van der Waals surface area contributed by atoms with Crippen molar-refractivity contribution in [2.24, 2.45) is 11.8 Å². The van der Waals surface area contributed by atoms with Crippen LogP contribution in [0.5, 0.6) is 11.5 Å². The van der Waals surface area contributed by atoms with E-state index in [9.17, 15) is 14.0 Å². The first kappa shape index (κ1) is 27.9. The van der Waals surface area contributed by atoms with Gasteiger partial charge >= 0.3 is 0 Å². The lowest BCUT2D eigenvalue weighted by Crippen LogP contribution is -2.50. The number of hydrogen-bond acceptors (Lipinski definition) is 6. The normalized spacial score (nSPS) is 22.2. The summed E-state index contributed by atoms with van der Waals surface area (Å²) in [6.07, 6.45) is 2.71. The molecule has 0 aromatic heterocycles. The molecule has 2 heterocycles. The Morgan fingerprint density at radius 3 is 2.39 bits per heavy atom. The first-order chi connectivity index (χ1) is 18.4. The highest BCUT2D eigenvalue weighted by atomic mass is 19.1. The molecule has 4 rings (SSSR count). The Morgan fingerprint density at radius 2 is 1.71 bits per heavy atom. The van der Waals surface area contributed by atoms with Crippen LogP contribution in [0, 0.1) is 17.7 Å². The maximum atomic E-state index is 13.3. The van der Waals surface area contributed by atoms with E-state index in [4.69, 9.17) is 9.47 Å². The molecule has 1 unspecified atom stereocenters. The zero-order valence-corrected chi connectivity index (χ0v) is 22.5. The summed E-state index contributed by atoms with van der Waals surface area (Å²) in [5.41, 5.74) is 1.54. The van der Waals surface area contributed by atoms with E-state index in [2.05, 4.69) is 27.4 Å². The van der Waals surface area contributed by atoms with Crippen LogP contribution in [0.25, 0.3) is 0 Å². The summed E-state index contributed by atoms with van der Waals surface area (Å²) in [5, 5.41) is 6.07. The maximum Gasteiger partial charge on any atom is 0.228 e. The maximum absolute atomic E-state index is 13.3. The summed E-state index contributed by atoms with van der Waals surface area (Å²) >= 11 is 0. The number of ether oxygens (including phenoxy) is 2. The molecular formula is C29H39FN4O4. The Balaban J connectivity index is 1.46. The third-order valence-corrected chi connectivity index (χ3v) is 7.65. The van der Waals surface area contributed by atoms with Crippen LogP contribution >= 0.6 is 0 Å². The molecule has 0 spiro atoms. The van der Waals surface area contributed by atoms with Gasteiger partial charge < -0.3 is 20.1 Å². The molecule has 2 saturated heterocycles. The molecule has 2 amide bonds. The highest BCUT2D eigenvalue weighted by Crippen LogP contribution is 2.30. The number of likely N-dealkylation sites (N-methyl/N-ethyl adjacent to an activating group) is 1. The number of amides is 2. The van der Waals surface area contributed by atoms with Gasteiger partial charge in [-0.05, 0) is 74.3 Å². The molecule has 9 heteroatoms. The molecule has 8 nitrogen and oxygen atoms in total. The predicted molar refractivity (Wildman–Crippen MR) is 145 cm³/mol. The van der Waals surface area contributed by atoms with Gasteiger partial charge in [-0.15, -0.1) is 0 Å². The summed E-state index contributed by atoms with van der Waals surface area (Å²) < 4.78 is 24.1. The number of carbonyl (C=O) groups is 2. The fourth-order valence-corrected chi connectivity index (χ4v) is 5.62. The van der Waals surface area contributed by atoms with E-state index in [1.807, 2.05) is 18.2 Å². The third kappa shape index (κ3) is 7.02. The predicted octanol–water partition coefficient (Wildman–Crippen LogP) is 3.52. The van der Waals surface area contributed by atoms with E-state index in [1.165, 1.54) is 12.1 Å². The standard InChI is InChI=1S/C29H39FN4O4/c1-4-34-13-5-6-25(34)16-31-28(35)21-15-22(29(36)32-24-10-8-23(30)9-11-24)19-33(18-21)17-20-7-12-26(37-2)27(14-20)38-3/h7-12,14,21-22,25H,4-6,13,15-19H2,1-3H3,(H,31,35)(H,32,36)/t21-,22+,25?/m0/s1. The Bertz CT molecular complexity index is 1100. The fraction of sp³-hybridized carbons (Fsp3) is 0.517. The van der Waals surface area contributed by atoms with E-state index < -0.39 is 0 Å². The average molecular weight is 527 g/mol. The van der Waals surface area contributed by atoms with Crippen molar-refractivity contribution in [2.75, 3.05) is 52.3 Å². The van der Waals surface area contributed by atoms with Gasteiger partial charge in [0.15, 0.2) is 11.5 Å². The molecule has 38 heavy (non-hydrogen) atoms. The number of hydrogen-bond donors (Lipinski definition) is 2. The van der Waals surface area contributed by atoms with Crippen LogP contribution in [0.1, 0.15) is 31.7 Å². The van der Waals surface area contributed by atoms with Gasteiger partial charge in [-0.25, -0.2) is 4.39 Å². The number of rotatable bonds is 10. The summed E-state index contributed by atoms with van der Waals surface area (Å²) in [4.78, 5) is 31.1. The molecule has 0 saturated carbocycles. The van der Waals surface area contributed by atoms with Crippen molar-refractivity contribution in [1.29, 1.82) is 0 Å². The number of methoxy groups -OCH3 is 2. The zero-order valence-electron chi connectivity index (χ0n) is 22.5.